The molecule has 284 valence electrons. The highest BCUT2D eigenvalue weighted by Gasteiger charge is 2.20. The molecule has 0 bridgehead atoms. The van der Waals surface area contributed by atoms with E-state index in [0.717, 1.165) is 38.5 Å². The molecule has 4 N–H and O–H groups in total. The van der Waals surface area contributed by atoms with Crippen molar-refractivity contribution in [3.05, 3.63) is 24.3 Å². The maximum atomic E-state index is 12.4. The Morgan fingerprint density at radius 3 is 1.27 bits per heavy atom. The van der Waals surface area contributed by atoms with Crippen LogP contribution in [-0.2, 0) is 4.79 Å². The molecule has 0 aromatic rings. The largest absolute Gasteiger partial charge is 0.394 e. The van der Waals surface area contributed by atoms with Crippen LogP contribution in [0, 0.1) is 0 Å². The molecule has 0 radical (unpaired) electrons. The highest BCUT2D eigenvalue weighted by atomic mass is 16.3. The van der Waals surface area contributed by atoms with E-state index in [4.69, 9.17) is 0 Å². The van der Waals surface area contributed by atoms with Crippen LogP contribution in [0.1, 0.15) is 219 Å². The minimum absolute atomic E-state index is 0.00956. The van der Waals surface area contributed by atoms with Crippen LogP contribution >= 0.6 is 0 Å². The van der Waals surface area contributed by atoms with Crippen molar-refractivity contribution in [3.63, 3.8) is 0 Å². The molecule has 5 heteroatoms. The highest BCUT2D eigenvalue weighted by molar-refractivity contribution is 5.76. The fourth-order valence-electron chi connectivity index (χ4n) is 6.45. The van der Waals surface area contributed by atoms with Crippen molar-refractivity contribution in [2.45, 2.75) is 238 Å². The molecule has 1 amide bonds. The number of aliphatic hydroxyl groups is 3. The van der Waals surface area contributed by atoms with E-state index in [1.54, 1.807) is 6.08 Å². The lowest BCUT2D eigenvalue weighted by Crippen LogP contribution is -2.45. The van der Waals surface area contributed by atoms with E-state index in [9.17, 15) is 20.1 Å². The molecule has 0 rings (SSSR count). The van der Waals surface area contributed by atoms with E-state index in [0.29, 0.717) is 6.42 Å². The molecule has 0 aromatic carbocycles. The fourth-order valence-corrected chi connectivity index (χ4v) is 6.45. The van der Waals surface area contributed by atoms with Crippen molar-refractivity contribution in [1.29, 1.82) is 0 Å². The molecule has 0 aromatic heterocycles. The lowest BCUT2D eigenvalue weighted by atomic mass is 10.0. The van der Waals surface area contributed by atoms with E-state index in [1.165, 1.54) is 154 Å². The van der Waals surface area contributed by atoms with Gasteiger partial charge in [0.1, 0.15) is 0 Å². The predicted octanol–water partition coefficient (Wildman–Crippen LogP) is 11.8. The maximum absolute atomic E-state index is 12.4. The Bertz CT molecular complexity index is 709. The number of hydrogen-bond donors (Lipinski definition) is 4. The molecule has 0 saturated heterocycles. The minimum Gasteiger partial charge on any atom is -0.394 e. The smallest absolute Gasteiger partial charge is 0.222 e. The second-order valence-electron chi connectivity index (χ2n) is 14.6. The van der Waals surface area contributed by atoms with Crippen molar-refractivity contribution >= 4 is 5.91 Å². The number of carbonyl (C=O) groups excluding carboxylic acids is 1. The second kappa shape index (κ2) is 38.6. The molecule has 3 unspecified atom stereocenters. The fraction of sp³-hybridized carbons (Fsp3) is 0.884. The van der Waals surface area contributed by atoms with Gasteiger partial charge < -0.3 is 20.6 Å². The van der Waals surface area contributed by atoms with Gasteiger partial charge in [-0.05, 0) is 44.9 Å². The third-order valence-electron chi connectivity index (χ3n) is 9.73. The standard InChI is InChI=1S/C43H83NO4/c1-3-5-7-9-11-13-15-17-19-20-21-22-23-24-26-28-30-32-34-36-40(46)38-43(48)44-41(39-45)42(47)37-35-33-31-29-27-25-18-16-14-12-10-8-6-4-2/h22-23,35,37,40-42,45-47H,3-21,24-34,36,38-39H2,1-2H3,(H,44,48)/b23-22-,37-35+. The first kappa shape index (κ1) is 46.8. The van der Waals surface area contributed by atoms with E-state index in [2.05, 4.69) is 31.3 Å². The van der Waals surface area contributed by atoms with Gasteiger partial charge in [-0.15, -0.1) is 0 Å². The van der Waals surface area contributed by atoms with Gasteiger partial charge in [0.15, 0.2) is 0 Å². The lowest BCUT2D eigenvalue weighted by Gasteiger charge is -2.21. The monoisotopic (exact) mass is 678 g/mol. The SMILES string of the molecule is CCCCCCCCCCCC/C=C\CCCCCCCC(O)CC(=O)NC(CO)C(O)/C=C/CCCCCCCCCCCCCC. The van der Waals surface area contributed by atoms with Gasteiger partial charge in [0, 0.05) is 0 Å². The van der Waals surface area contributed by atoms with Crippen LogP contribution in [-0.4, -0.2) is 46.1 Å². The summed E-state index contributed by atoms with van der Waals surface area (Å²) >= 11 is 0. The first-order valence-electron chi connectivity index (χ1n) is 21.1. The number of unbranched alkanes of at least 4 members (excludes halogenated alkanes) is 27. The average molecular weight is 678 g/mol. The molecule has 0 aliphatic heterocycles. The zero-order valence-corrected chi connectivity index (χ0v) is 32.1. The Morgan fingerprint density at radius 1 is 0.521 bits per heavy atom. The summed E-state index contributed by atoms with van der Waals surface area (Å²) in [6.45, 7) is 4.21. The number of carbonyl (C=O) groups is 1. The Kier molecular flexibility index (Phi) is 37.7. The topological polar surface area (TPSA) is 89.8 Å². The van der Waals surface area contributed by atoms with Crippen molar-refractivity contribution in [3.8, 4) is 0 Å². The number of nitrogens with one attached hydrogen (secondary N) is 1. The van der Waals surface area contributed by atoms with Crippen molar-refractivity contribution in [2.75, 3.05) is 6.61 Å². The number of allylic oxidation sites excluding steroid dienone is 3. The minimum atomic E-state index is -0.928. The summed E-state index contributed by atoms with van der Waals surface area (Å²) < 4.78 is 0. The summed E-state index contributed by atoms with van der Waals surface area (Å²) in [6, 6.07) is -0.744. The number of hydrogen-bond acceptors (Lipinski definition) is 4. The summed E-state index contributed by atoms with van der Waals surface area (Å²) in [7, 11) is 0. The van der Waals surface area contributed by atoms with Crippen molar-refractivity contribution in [2.24, 2.45) is 0 Å². The van der Waals surface area contributed by atoms with Crippen LogP contribution in [0.15, 0.2) is 24.3 Å². The second-order valence-corrected chi connectivity index (χ2v) is 14.6. The Hall–Kier alpha value is -1.17. The Balaban J connectivity index is 3.68. The van der Waals surface area contributed by atoms with Crippen LogP contribution in [0.5, 0.6) is 0 Å². The molecule has 5 nitrogen and oxygen atoms in total. The maximum Gasteiger partial charge on any atom is 0.222 e. The van der Waals surface area contributed by atoms with Crippen molar-refractivity contribution in [1.82, 2.24) is 5.32 Å². The highest BCUT2D eigenvalue weighted by Crippen LogP contribution is 2.15. The Labute approximate surface area is 299 Å². The number of rotatable bonds is 38. The van der Waals surface area contributed by atoms with Crippen LogP contribution < -0.4 is 5.32 Å². The predicted molar refractivity (Wildman–Crippen MR) is 208 cm³/mol. The number of amides is 1. The van der Waals surface area contributed by atoms with Crippen molar-refractivity contribution < 1.29 is 20.1 Å². The van der Waals surface area contributed by atoms with Gasteiger partial charge in [-0.2, -0.15) is 0 Å². The zero-order valence-electron chi connectivity index (χ0n) is 32.1. The quantitative estimate of drug-likeness (QED) is 0.0387. The molecular formula is C43H83NO4. The molecule has 0 saturated carbocycles. The zero-order chi connectivity index (χ0) is 35.2. The lowest BCUT2D eigenvalue weighted by molar-refractivity contribution is -0.124. The van der Waals surface area contributed by atoms with Gasteiger partial charge in [0.25, 0.3) is 0 Å². The molecule has 0 aliphatic rings. The van der Waals surface area contributed by atoms with Crippen LogP contribution in [0.25, 0.3) is 0 Å². The first-order chi connectivity index (χ1) is 23.5. The molecule has 0 heterocycles. The molecule has 0 fully saturated rings. The van der Waals surface area contributed by atoms with Gasteiger partial charge in [-0.3, -0.25) is 4.79 Å². The summed E-state index contributed by atoms with van der Waals surface area (Å²) in [4.78, 5) is 12.4. The molecule has 48 heavy (non-hydrogen) atoms. The number of aliphatic hydroxyl groups excluding tert-OH is 3. The van der Waals surface area contributed by atoms with E-state index < -0.39 is 18.2 Å². The Morgan fingerprint density at radius 2 is 0.875 bits per heavy atom. The molecule has 0 spiro atoms. The van der Waals surface area contributed by atoms with Crippen LogP contribution in [0.4, 0.5) is 0 Å². The van der Waals surface area contributed by atoms with Crippen LogP contribution in [0.2, 0.25) is 0 Å². The third-order valence-corrected chi connectivity index (χ3v) is 9.73. The summed E-state index contributed by atoms with van der Waals surface area (Å²) in [5, 5.41) is 33.2. The molecule has 0 aliphatic carbocycles. The summed E-state index contributed by atoms with van der Waals surface area (Å²) in [5.41, 5.74) is 0. The van der Waals surface area contributed by atoms with Gasteiger partial charge in [0.2, 0.25) is 5.91 Å². The van der Waals surface area contributed by atoms with E-state index in [1.807, 2.05) is 6.08 Å². The van der Waals surface area contributed by atoms with E-state index in [-0.39, 0.29) is 18.9 Å². The van der Waals surface area contributed by atoms with Gasteiger partial charge >= 0.3 is 0 Å². The summed E-state index contributed by atoms with van der Waals surface area (Å²) in [5.74, 6) is -0.320. The van der Waals surface area contributed by atoms with Gasteiger partial charge in [-0.25, -0.2) is 0 Å². The first-order valence-corrected chi connectivity index (χ1v) is 21.1. The molecule has 3 atom stereocenters. The van der Waals surface area contributed by atoms with Crippen LogP contribution in [0.3, 0.4) is 0 Å². The van der Waals surface area contributed by atoms with Gasteiger partial charge in [0.05, 0.1) is 31.3 Å². The normalized spacial score (nSPS) is 13.9. The summed E-state index contributed by atoms with van der Waals surface area (Å²) in [6.07, 6.45) is 46.0. The molecular weight excluding hydrogens is 594 g/mol. The average Bonchev–Trinajstić information content (AvgIpc) is 3.08. The van der Waals surface area contributed by atoms with E-state index >= 15 is 0 Å². The van der Waals surface area contributed by atoms with Gasteiger partial charge in [-0.1, -0.05) is 192 Å². The third kappa shape index (κ3) is 34.7.